The Morgan fingerprint density at radius 1 is 1.29 bits per heavy atom. The lowest BCUT2D eigenvalue weighted by atomic mass is 10.4. The average Bonchev–Trinajstić information content (AvgIpc) is 1.99. The van der Waals surface area contributed by atoms with E-state index in [2.05, 4.69) is 5.32 Å². The maximum atomic E-state index is 10.9. The number of carboxylic acid groups (broad SMARTS) is 1. The van der Waals surface area contributed by atoms with Gasteiger partial charge in [-0.3, -0.25) is 9.59 Å². The lowest BCUT2D eigenvalue weighted by molar-refractivity contribution is -0.136. The first-order valence-corrected chi connectivity index (χ1v) is 6.03. The highest BCUT2D eigenvalue weighted by Crippen LogP contribution is 1.88. The summed E-state index contributed by atoms with van der Waals surface area (Å²) in [5.41, 5.74) is 0. The first-order valence-electron chi connectivity index (χ1n) is 3.97. The van der Waals surface area contributed by atoms with E-state index in [-0.39, 0.29) is 25.1 Å². The van der Waals surface area contributed by atoms with Gasteiger partial charge in [-0.1, -0.05) is 0 Å². The van der Waals surface area contributed by atoms with Gasteiger partial charge in [0.25, 0.3) is 0 Å². The molecule has 7 heteroatoms. The Kier molecular flexibility index (Phi) is 5.14. The van der Waals surface area contributed by atoms with Crippen LogP contribution in [0.3, 0.4) is 0 Å². The van der Waals surface area contributed by atoms with Crippen molar-refractivity contribution in [3.05, 3.63) is 0 Å². The van der Waals surface area contributed by atoms with Crippen LogP contribution in [0.2, 0.25) is 0 Å². The summed E-state index contributed by atoms with van der Waals surface area (Å²) < 4.78 is 21.3. The molecule has 14 heavy (non-hydrogen) atoms. The van der Waals surface area contributed by atoms with Crippen molar-refractivity contribution in [1.29, 1.82) is 0 Å². The molecule has 0 saturated heterocycles. The molecule has 0 heterocycles. The number of carbonyl (C=O) groups is 2. The zero-order valence-corrected chi connectivity index (χ0v) is 8.63. The third-order valence-corrected chi connectivity index (χ3v) is 2.31. The van der Waals surface area contributed by atoms with E-state index in [1.165, 1.54) is 0 Å². The lowest BCUT2D eigenvalue weighted by Gasteiger charge is -2.01. The summed E-state index contributed by atoms with van der Waals surface area (Å²) in [5, 5.41) is 10.5. The maximum absolute atomic E-state index is 10.9. The van der Waals surface area contributed by atoms with Gasteiger partial charge in [-0.25, -0.2) is 8.42 Å². The third kappa shape index (κ3) is 8.98. The summed E-state index contributed by atoms with van der Waals surface area (Å²) in [6.07, 6.45) is 0.751. The molecule has 6 nitrogen and oxygen atoms in total. The Bertz CT molecular complexity index is 308. The molecule has 0 aromatic rings. The molecule has 82 valence electrons. The van der Waals surface area contributed by atoms with Crippen molar-refractivity contribution >= 4 is 21.7 Å². The van der Waals surface area contributed by atoms with Gasteiger partial charge >= 0.3 is 5.97 Å². The lowest BCUT2D eigenvalue weighted by Crippen LogP contribution is -2.27. The van der Waals surface area contributed by atoms with Crippen molar-refractivity contribution in [3.63, 3.8) is 0 Å². The predicted molar refractivity (Wildman–Crippen MR) is 49.6 cm³/mol. The molecule has 0 aromatic carbocycles. The zero-order valence-electron chi connectivity index (χ0n) is 7.82. The molecular weight excluding hydrogens is 210 g/mol. The smallest absolute Gasteiger partial charge is 0.305 e. The highest BCUT2D eigenvalue weighted by Gasteiger charge is 2.07. The molecule has 0 bridgehead atoms. The van der Waals surface area contributed by atoms with Gasteiger partial charge in [0, 0.05) is 19.2 Å². The van der Waals surface area contributed by atoms with Gasteiger partial charge in [-0.2, -0.15) is 0 Å². The van der Waals surface area contributed by atoms with Crippen LogP contribution in [0.1, 0.15) is 12.8 Å². The van der Waals surface area contributed by atoms with Crippen LogP contribution < -0.4 is 5.32 Å². The Labute approximate surface area is 82.2 Å². The highest BCUT2D eigenvalue weighted by molar-refractivity contribution is 7.90. The van der Waals surface area contributed by atoms with Gasteiger partial charge in [-0.05, 0) is 0 Å². The van der Waals surface area contributed by atoms with E-state index in [0.717, 1.165) is 6.26 Å². The van der Waals surface area contributed by atoms with E-state index in [9.17, 15) is 18.0 Å². The Balaban J connectivity index is 3.62. The normalized spacial score (nSPS) is 10.9. The molecule has 0 radical (unpaired) electrons. The second-order valence-corrected chi connectivity index (χ2v) is 5.13. The van der Waals surface area contributed by atoms with Crippen molar-refractivity contribution in [2.45, 2.75) is 12.8 Å². The van der Waals surface area contributed by atoms with Crippen LogP contribution in [0, 0.1) is 0 Å². The second-order valence-electron chi connectivity index (χ2n) is 2.87. The largest absolute Gasteiger partial charge is 0.481 e. The minimum Gasteiger partial charge on any atom is -0.481 e. The SMILES string of the molecule is CS(=O)(=O)CCC(=O)NCCC(=O)O. The summed E-state index contributed by atoms with van der Waals surface area (Å²) in [4.78, 5) is 21.0. The first-order chi connectivity index (χ1) is 6.31. The Morgan fingerprint density at radius 2 is 1.86 bits per heavy atom. The van der Waals surface area contributed by atoms with Gasteiger partial charge in [0.15, 0.2) is 0 Å². The van der Waals surface area contributed by atoms with Gasteiger partial charge in [0.2, 0.25) is 5.91 Å². The van der Waals surface area contributed by atoms with Crippen LogP contribution in [-0.2, 0) is 19.4 Å². The van der Waals surface area contributed by atoms with Crippen molar-refractivity contribution < 1.29 is 23.1 Å². The van der Waals surface area contributed by atoms with Gasteiger partial charge < -0.3 is 10.4 Å². The highest BCUT2D eigenvalue weighted by atomic mass is 32.2. The van der Waals surface area contributed by atoms with Gasteiger partial charge in [-0.15, -0.1) is 0 Å². The fourth-order valence-electron chi connectivity index (χ4n) is 0.675. The van der Waals surface area contributed by atoms with Crippen LogP contribution >= 0.6 is 0 Å². The number of aliphatic carboxylic acids is 1. The molecule has 0 fully saturated rings. The summed E-state index contributed by atoms with van der Waals surface area (Å²) in [7, 11) is -3.14. The van der Waals surface area contributed by atoms with Crippen LogP contribution in [0.5, 0.6) is 0 Å². The summed E-state index contributed by atoms with van der Waals surface area (Å²) >= 11 is 0. The van der Waals surface area contributed by atoms with Crippen molar-refractivity contribution in [2.75, 3.05) is 18.6 Å². The van der Waals surface area contributed by atoms with E-state index >= 15 is 0 Å². The van der Waals surface area contributed by atoms with E-state index < -0.39 is 21.7 Å². The molecule has 2 N–H and O–H groups in total. The maximum Gasteiger partial charge on any atom is 0.305 e. The minimum atomic E-state index is -3.14. The van der Waals surface area contributed by atoms with Crippen molar-refractivity contribution in [1.82, 2.24) is 5.32 Å². The van der Waals surface area contributed by atoms with Crippen LogP contribution in [0.15, 0.2) is 0 Å². The molecule has 0 spiro atoms. The van der Waals surface area contributed by atoms with Crippen LogP contribution in [0.4, 0.5) is 0 Å². The molecule has 0 atom stereocenters. The Hall–Kier alpha value is -1.11. The predicted octanol–water partition coefficient (Wildman–Crippen LogP) is -0.988. The number of carbonyl (C=O) groups excluding carboxylic acids is 1. The first kappa shape index (κ1) is 12.9. The number of sulfone groups is 1. The summed E-state index contributed by atoms with van der Waals surface area (Å²) in [6.45, 7) is 0.0257. The monoisotopic (exact) mass is 223 g/mol. The standard InChI is InChI=1S/C7H13NO5S/c1-14(12,13)5-3-6(9)8-4-2-7(10)11/h2-5H2,1H3,(H,8,9)(H,10,11). The van der Waals surface area contributed by atoms with E-state index in [1.54, 1.807) is 0 Å². The van der Waals surface area contributed by atoms with Crippen LogP contribution in [-0.4, -0.2) is 44.0 Å². The van der Waals surface area contributed by atoms with Crippen LogP contribution in [0.25, 0.3) is 0 Å². The average molecular weight is 223 g/mol. The molecule has 0 saturated carbocycles. The number of nitrogens with one attached hydrogen (secondary N) is 1. The van der Waals surface area contributed by atoms with E-state index in [0.29, 0.717) is 0 Å². The fraction of sp³-hybridized carbons (Fsp3) is 0.714. The van der Waals surface area contributed by atoms with Gasteiger partial charge in [0.1, 0.15) is 9.84 Å². The molecule has 0 aliphatic carbocycles. The number of carboxylic acids is 1. The molecule has 0 aliphatic heterocycles. The molecule has 0 aromatic heterocycles. The number of hydrogen-bond donors (Lipinski definition) is 2. The summed E-state index contributed by atoms with van der Waals surface area (Å²) in [6, 6.07) is 0. The number of hydrogen-bond acceptors (Lipinski definition) is 4. The molecule has 0 aliphatic rings. The topological polar surface area (TPSA) is 101 Å². The number of amides is 1. The molecular formula is C7H13NO5S. The van der Waals surface area contributed by atoms with Crippen molar-refractivity contribution in [3.8, 4) is 0 Å². The molecule has 0 rings (SSSR count). The second kappa shape index (κ2) is 5.58. The zero-order chi connectivity index (χ0) is 11.2. The molecule has 0 unspecified atom stereocenters. The number of rotatable bonds is 6. The fourth-order valence-corrected chi connectivity index (χ4v) is 1.23. The Morgan fingerprint density at radius 3 is 2.29 bits per heavy atom. The summed E-state index contributed by atoms with van der Waals surface area (Å²) in [5.74, 6) is -1.67. The van der Waals surface area contributed by atoms with E-state index in [4.69, 9.17) is 5.11 Å². The van der Waals surface area contributed by atoms with E-state index in [1.807, 2.05) is 0 Å². The van der Waals surface area contributed by atoms with Crippen molar-refractivity contribution in [2.24, 2.45) is 0 Å². The molecule has 1 amide bonds. The minimum absolute atomic E-state index is 0.0257. The quantitative estimate of drug-likeness (QED) is 0.602. The third-order valence-electron chi connectivity index (χ3n) is 1.36. The van der Waals surface area contributed by atoms with Gasteiger partial charge in [0.05, 0.1) is 12.2 Å².